The van der Waals surface area contributed by atoms with Crippen molar-refractivity contribution in [2.75, 3.05) is 24.3 Å². The van der Waals surface area contributed by atoms with Gasteiger partial charge < -0.3 is 26.9 Å². The van der Waals surface area contributed by atoms with Gasteiger partial charge in [0, 0.05) is 22.8 Å². The van der Waals surface area contributed by atoms with Crippen molar-refractivity contribution < 1.29 is 9.13 Å². The van der Waals surface area contributed by atoms with Crippen molar-refractivity contribution in [1.29, 1.82) is 0 Å². The third-order valence-electron chi connectivity index (χ3n) is 4.43. The number of hydrogen-bond donors (Lipinski definition) is 4. The van der Waals surface area contributed by atoms with Crippen LogP contribution in [0.25, 0.3) is 33.5 Å². The van der Waals surface area contributed by atoms with Crippen LogP contribution in [-0.2, 0) is 0 Å². The van der Waals surface area contributed by atoms with Crippen LogP contribution in [0.15, 0.2) is 42.7 Å². The highest BCUT2D eigenvalue weighted by molar-refractivity contribution is 5.98. The Bertz CT molecular complexity index is 1170. The Kier molecular flexibility index (Phi) is 3.80. The number of H-pyrrole nitrogens is 1. The van der Waals surface area contributed by atoms with E-state index in [1.165, 1.54) is 0 Å². The number of nitrogen functional groups attached to an aromatic ring is 3. The first-order valence-corrected chi connectivity index (χ1v) is 8.12. The number of nitrogens with one attached hydrogen (secondary N) is 1. The van der Waals surface area contributed by atoms with Gasteiger partial charge in [-0.1, -0.05) is 12.1 Å². The molecule has 0 aliphatic rings. The van der Waals surface area contributed by atoms with Crippen molar-refractivity contribution in [2.45, 2.75) is 0 Å². The summed E-state index contributed by atoms with van der Waals surface area (Å²) in [6, 6.07) is 8.72. The second-order valence-electron chi connectivity index (χ2n) is 6.01. The first kappa shape index (κ1) is 16.6. The largest absolute Gasteiger partial charge is 0.495 e. The van der Waals surface area contributed by atoms with E-state index in [1.807, 2.05) is 18.2 Å². The Morgan fingerprint density at radius 1 is 1.07 bits per heavy atom. The quantitative estimate of drug-likeness (QED) is 0.413. The molecule has 7 N–H and O–H groups in total. The van der Waals surface area contributed by atoms with E-state index in [2.05, 4.69) is 15.0 Å². The van der Waals surface area contributed by atoms with Crippen LogP contribution in [0.1, 0.15) is 0 Å². The lowest BCUT2D eigenvalue weighted by Crippen LogP contribution is -2.04. The number of aromatic amines is 1. The lowest BCUT2D eigenvalue weighted by molar-refractivity contribution is 0.419. The highest BCUT2D eigenvalue weighted by Gasteiger charge is 2.19. The summed E-state index contributed by atoms with van der Waals surface area (Å²) in [5.41, 5.74) is 20.7. The maximum absolute atomic E-state index is 14.6. The van der Waals surface area contributed by atoms with Crippen LogP contribution in [-0.4, -0.2) is 22.1 Å². The molecule has 0 aliphatic heterocycles. The van der Waals surface area contributed by atoms with Gasteiger partial charge in [0.15, 0.2) is 11.6 Å². The van der Waals surface area contributed by atoms with Crippen molar-refractivity contribution in [1.82, 2.24) is 15.0 Å². The summed E-state index contributed by atoms with van der Waals surface area (Å²) in [6.07, 6.45) is 2.77. The Balaban J connectivity index is 1.95. The van der Waals surface area contributed by atoms with E-state index < -0.39 is 5.82 Å². The van der Waals surface area contributed by atoms with E-state index in [0.717, 1.165) is 17.1 Å². The van der Waals surface area contributed by atoms with Crippen LogP contribution < -0.4 is 21.9 Å². The molecular weight excluding hydrogens is 347 g/mol. The van der Waals surface area contributed by atoms with Gasteiger partial charge in [-0.3, -0.25) is 0 Å². The Morgan fingerprint density at radius 3 is 2.63 bits per heavy atom. The van der Waals surface area contributed by atoms with Crippen molar-refractivity contribution in [2.24, 2.45) is 0 Å². The van der Waals surface area contributed by atoms with Crippen LogP contribution in [0.2, 0.25) is 0 Å². The molecule has 0 unspecified atom stereocenters. The smallest absolute Gasteiger partial charge is 0.167 e. The molecule has 27 heavy (non-hydrogen) atoms. The van der Waals surface area contributed by atoms with Crippen LogP contribution in [0.3, 0.4) is 0 Å². The van der Waals surface area contributed by atoms with E-state index in [1.54, 1.807) is 25.4 Å². The second kappa shape index (κ2) is 6.17. The van der Waals surface area contributed by atoms with Crippen molar-refractivity contribution >= 4 is 28.0 Å². The van der Waals surface area contributed by atoms with Crippen LogP contribution in [0, 0.1) is 5.82 Å². The zero-order valence-electron chi connectivity index (χ0n) is 14.5. The lowest BCUT2D eigenvalue weighted by Gasteiger charge is -2.11. The van der Waals surface area contributed by atoms with Crippen LogP contribution in [0.4, 0.5) is 21.5 Å². The highest BCUT2D eigenvalue weighted by atomic mass is 19.1. The van der Waals surface area contributed by atoms with Gasteiger partial charge in [-0.15, -0.1) is 0 Å². The number of hydrogen-bond acceptors (Lipinski definition) is 6. The zero-order chi connectivity index (χ0) is 19.1. The average Bonchev–Trinajstić information content (AvgIpc) is 3.10. The van der Waals surface area contributed by atoms with Gasteiger partial charge in [0.25, 0.3) is 0 Å². The number of fused-ring (bicyclic) bond motifs is 1. The number of halogens is 1. The summed E-state index contributed by atoms with van der Waals surface area (Å²) in [7, 11) is 1.57. The molecule has 0 spiro atoms. The van der Waals surface area contributed by atoms with Gasteiger partial charge in [0.2, 0.25) is 0 Å². The zero-order valence-corrected chi connectivity index (χ0v) is 14.5. The van der Waals surface area contributed by atoms with E-state index in [0.29, 0.717) is 28.3 Å². The summed E-state index contributed by atoms with van der Waals surface area (Å²) in [5, 5.41) is 0.770. The maximum atomic E-state index is 14.6. The molecule has 2 aromatic carbocycles. The molecule has 0 bridgehead atoms. The number of nitrogens with zero attached hydrogens (tertiary/aromatic N) is 2. The van der Waals surface area contributed by atoms with E-state index in [4.69, 9.17) is 21.9 Å². The fraction of sp³-hybridized carbons (Fsp3) is 0.0526. The monoisotopic (exact) mass is 364 g/mol. The molecule has 4 rings (SSSR count). The molecule has 0 aliphatic carbocycles. The van der Waals surface area contributed by atoms with Gasteiger partial charge in [0.05, 0.1) is 35.8 Å². The molecule has 2 heterocycles. The number of aromatic nitrogens is 3. The van der Waals surface area contributed by atoms with E-state index in [9.17, 15) is 4.39 Å². The lowest BCUT2D eigenvalue weighted by atomic mass is 10.1. The molecule has 0 amide bonds. The summed E-state index contributed by atoms with van der Waals surface area (Å²) in [6.45, 7) is 0. The number of para-hydroxylation sites is 1. The minimum atomic E-state index is -0.566. The summed E-state index contributed by atoms with van der Waals surface area (Å²) in [5.74, 6) is 0.284. The molecule has 2 aromatic heterocycles. The fourth-order valence-corrected chi connectivity index (χ4v) is 3.07. The van der Waals surface area contributed by atoms with E-state index in [-0.39, 0.29) is 17.2 Å². The molecule has 0 saturated heterocycles. The summed E-state index contributed by atoms with van der Waals surface area (Å²) >= 11 is 0. The summed E-state index contributed by atoms with van der Waals surface area (Å²) < 4.78 is 19.9. The predicted molar refractivity (Wildman–Crippen MR) is 105 cm³/mol. The van der Waals surface area contributed by atoms with Crippen molar-refractivity contribution in [3.63, 3.8) is 0 Å². The molecule has 0 atom stereocenters. The molecule has 0 fully saturated rings. The number of ether oxygens (including phenoxy) is 1. The van der Waals surface area contributed by atoms with Crippen molar-refractivity contribution in [3.05, 3.63) is 48.5 Å². The number of methoxy groups -OCH3 is 1. The molecule has 136 valence electrons. The highest BCUT2D eigenvalue weighted by Crippen LogP contribution is 2.37. The summed E-state index contributed by atoms with van der Waals surface area (Å²) in [4.78, 5) is 11.6. The minimum Gasteiger partial charge on any atom is -0.495 e. The van der Waals surface area contributed by atoms with Crippen LogP contribution >= 0.6 is 0 Å². The Hall–Kier alpha value is -3.81. The first-order chi connectivity index (χ1) is 13.0. The second-order valence-corrected chi connectivity index (χ2v) is 6.01. The molecule has 0 saturated carbocycles. The molecule has 0 radical (unpaired) electrons. The maximum Gasteiger partial charge on any atom is 0.167 e. The molecule has 7 nitrogen and oxygen atoms in total. The van der Waals surface area contributed by atoms with Gasteiger partial charge in [0.1, 0.15) is 11.4 Å². The molecule has 8 heteroatoms. The topological polar surface area (TPSA) is 129 Å². The van der Waals surface area contributed by atoms with Gasteiger partial charge >= 0.3 is 0 Å². The fourth-order valence-electron chi connectivity index (χ4n) is 3.07. The molecular formula is C19H17FN6O. The van der Waals surface area contributed by atoms with Gasteiger partial charge in [-0.05, 0) is 18.2 Å². The Morgan fingerprint density at radius 2 is 1.85 bits per heavy atom. The first-order valence-electron chi connectivity index (χ1n) is 8.12. The third-order valence-corrected chi connectivity index (χ3v) is 4.43. The normalized spacial score (nSPS) is 11.0. The number of anilines is 3. The average molecular weight is 364 g/mol. The minimum absolute atomic E-state index is 0.126. The number of nitrogens with two attached hydrogens (primary N) is 3. The SMILES string of the molecule is COc1cccc2c(-c3nc(-c4c(N)ccc(N)c4N)ncc3F)c[nH]c12. The van der Waals surface area contributed by atoms with Gasteiger partial charge in [-0.25, -0.2) is 14.4 Å². The predicted octanol–water partition coefficient (Wildman–Crippen LogP) is 3.19. The van der Waals surface area contributed by atoms with Crippen LogP contribution in [0.5, 0.6) is 5.75 Å². The number of rotatable bonds is 3. The molecule has 4 aromatic rings. The van der Waals surface area contributed by atoms with E-state index >= 15 is 0 Å². The standard InChI is InChI=1S/C19H17FN6O/c1-27-14-4-2-3-9-10(7-24-18(9)14)17-11(20)8-25-19(26-17)15-12(21)5-6-13(22)16(15)23/h2-8,24H,21-23H2,1H3. The van der Waals surface area contributed by atoms with Gasteiger partial charge in [-0.2, -0.15) is 0 Å². The third kappa shape index (κ3) is 2.58. The van der Waals surface area contributed by atoms with Crippen molar-refractivity contribution in [3.8, 4) is 28.4 Å². The Labute approximate surface area is 154 Å². The number of benzene rings is 2.